The summed E-state index contributed by atoms with van der Waals surface area (Å²) in [4.78, 5) is 0. The van der Waals surface area contributed by atoms with Gasteiger partial charge in [-0.3, -0.25) is 0 Å². The molecule has 4 heteroatoms. The number of para-hydroxylation sites is 1. The number of ether oxygens (including phenoxy) is 1. The molecule has 2 heterocycles. The van der Waals surface area contributed by atoms with Crippen molar-refractivity contribution in [3.63, 3.8) is 0 Å². The van der Waals surface area contributed by atoms with Crippen molar-refractivity contribution < 1.29 is 4.74 Å². The van der Waals surface area contributed by atoms with Gasteiger partial charge in [0.05, 0.1) is 17.5 Å². The van der Waals surface area contributed by atoms with Crippen LogP contribution in [0.15, 0.2) is 42.6 Å². The van der Waals surface area contributed by atoms with Crippen LogP contribution in [0.5, 0.6) is 0 Å². The van der Waals surface area contributed by atoms with Crippen molar-refractivity contribution in [3.05, 3.63) is 48.3 Å². The quantitative estimate of drug-likeness (QED) is 0.916. The highest BCUT2D eigenvalue weighted by molar-refractivity contribution is 5.30. The number of aromatic nitrogens is 2. The Morgan fingerprint density at radius 2 is 2.00 bits per heavy atom. The highest BCUT2D eigenvalue weighted by atomic mass is 16.5. The molecule has 2 atom stereocenters. The fourth-order valence-electron chi connectivity index (χ4n) is 3.14. The van der Waals surface area contributed by atoms with E-state index < -0.39 is 0 Å². The maximum atomic E-state index is 5.86. The van der Waals surface area contributed by atoms with Gasteiger partial charge >= 0.3 is 0 Å². The van der Waals surface area contributed by atoms with Crippen molar-refractivity contribution >= 4 is 0 Å². The predicted octanol–water partition coefficient (Wildman–Crippen LogP) is 2.53. The first kappa shape index (κ1) is 13.0. The number of hydrogen-bond donors (Lipinski definition) is 1. The molecule has 110 valence electrons. The van der Waals surface area contributed by atoms with Crippen LogP contribution in [0, 0.1) is 5.92 Å². The molecule has 1 aliphatic heterocycles. The SMILES string of the molecule is c1ccc(-n2ccc(CNC3CCOC3C3CC3)n2)cc1. The predicted molar refractivity (Wildman–Crippen MR) is 81.3 cm³/mol. The minimum absolute atomic E-state index is 0.432. The van der Waals surface area contributed by atoms with Crippen LogP contribution in [0.1, 0.15) is 25.0 Å². The maximum absolute atomic E-state index is 5.86. The van der Waals surface area contributed by atoms with Crippen molar-refractivity contribution in [2.75, 3.05) is 6.61 Å². The molecule has 1 aromatic carbocycles. The van der Waals surface area contributed by atoms with Crippen molar-refractivity contribution in [1.29, 1.82) is 0 Å². The van der Waals surface area contributed by atoms with E-state index in [1.54, 1.807) is 0 Å². The van der Waals surface area contributed by atoms with Crippen molar-refractivity contribution in [1.82, 2.24) is 15.1 Å². The summed E-state index contributed by atoms with van der Waals surface area (Å²) in [6, 6.07) is 12.8. The Bertz CT molecular complexity index is 591. The molecule has 2 unspecified atom stereocenters. The van der Waals surface area contributed by atoms with Gasteiger partial charge in [-0.1, -0.05) is 18.2 Å². The van der Waals surface area contributed by atoms with Gasteiger partial charge in [0.15, 0.2) is 0 Å². The Morgan fingerprint density at radius 3 is 2.81 bits per heavy atom. The monoisotopic (exact) mass is 283 g/mol. The van der Waals surface area contributed by atoms with E-state index in [9.17, 15) is 0 Å². The molecule has 4 nitrogen and oxygen atoms in total. The molecular formula is C17H21N3O. The first-order valence-corrected chi connectivity index (χ1v) is 7.85. The zero-order valence-electron chi connectivity index (χ0n) is 12.1. The van der Waals surface area contributed by atoms with Crippen molar-refractivity contribution in [2.24, 2.45) is 5.92 Å². The normalized spacial score (nSPS) is 25.3. The van der Waals surface area contributed by atoms with E-state index in [0.29, 0.717) is 12.1 Å². The van der Waals surface area contributed by atoms with E-state index in [1.165, 1.54) is 12.8 Å². The fourth-order valence-corrected chi connectivity index (χ4v) is 3.14. The number of nitrogens with one attached hydrogen (secondary N) is 1. The number of rotatable bonds is 5. The molecule has 1 aliphatic carbocycles. The van der Waals surface area contributed by atoms with E-state index in [-0.39, 0.29) is 0 Å². The molecule has 2 fully saturated rings. The second-order valence-corrected chi connectivity index (χ2v) is 6.04. The molecule has 4 rings (SSSR count). The third-order valence-corrected chi connectivity index (χ3v) is 4.43. The Labute approximate surface area is 125 Å². The summed E-state index contributed by atoms with van der Waals surface area (Å²) >= 11 is 0. The first-order valence-electron chi connectivity index (χ1n) is 7.85. The number of benzene rings is 1. The summed E-state index contributed by atoms with van der Waals surface area (Å²) in [7, 11) is 0. The largest absolute Gasteiger partial charge is 0.376 e. The zero-order chi connectivity index (χ0) is 14.1. The van der Waals surface area contributed by atoms with E-state index in [4.69, 9.17) is 4.74 Å². The standard InChI is InChI=1S/C17H21N3O/c1-2-4-15(5-3-1)20-10-8-14(19-20)12-18-16-9-11-21-17(16)13-6-7-13/h1-5,8,10,13,16-18H,6-7,9,11-12H2. The van der Waals surface area contributed by atoms with Crippen LogP contribution in [-0.4, -0.2) is 28.5 Å². The second-order valence-electron chi connectivity index (χ2n) is 6.04. The zero-order valence-corrected chi connectivity index (χ0v) is 12.1. The van der Waals surface area contributed by atoms with Crippen LogP contribution in [0.3, 0.4) is 0 Å². The Kier molecular flexibility index (Phi) is 3.49. The third kappa shape index (κ3) is 2.87. The lowest BCUT2D eigenvalue weighted by Crippen LogP contribution is -2.37. The molecule has 21 heavy (non-hydrogen) atoms. The Balaban J connectivity index is 1.38. The lowest BCUT2D eigenvalue weighted by molar-refractivity contribution is 0.0808. The Hall–Kier alpha value is -1.65. The van der Waals surface area contributed by atoms with Gasteiger partial charge in [0, 0.05) is 25.4 Å². The summed E-state index contributed by atoms with van der Waals surface area (Å²) in [5, 5.41) is 8.27. The minimum Gasteiger partial charge on any atom is -0.376 e. The molecule has 1 aromatic heterocycles. The van der Waals surface area contributed by atoms with Crippen molar-refractivity contribution in [3.8, 4) is 5.69 Å². The molecule has 0 radical (unpaired) electrons. The van der Waals surface area contributed by atoms with Crippen LogP contribution >= 0.6 is 0 Å². The van der Waals surface area contributed by atoms with Gasteiger partial charge < -0.3 is 10.1 Å². The highest BCUT2D eigenvalue weighted by Gasteiger charge is 2.40. The van der Waals surface area contributed by atoms with Crippen LogP contribution in [0.4, 0.5) is 0 Å². The van der Waals surface area contributed by atoms with E-state index in [2.05, 4.69) is 28.6 Å². The first-order chi connectivity index (χ1) is 10.4. The number of hydrogen-bond acceptors (Lipinski definition) is 3. The second kappa shape index (κ2) is 5.62. The summed E-state index contributed by atoms with van der Waals surface area (Å²) in [6.45, 7) is 1.72. The van der Waals surface area contributed by atoms with Crippen LogP contribution in [0.25, 0.3) is 5.69 Å². The summed E-state index contributed by atoms with van der Waals surface area (Å²) in [5.74, 6) is 0.798. The molecular weight excluding hydrogens is 262 g/mol. The average Bonchev–Trinajstić information content (AvgIpc) is 3.09. The molecule has 1 N–H and O–H groups in total. The molecule has 0 bridgehead atoms. The van der Waals surface area contributed by atoms with Crippen LogP contribution < -0.4 is 5.32 Å². The van der Waals surface area contributed by atoms with Gasteiger partial charge in [-0.2, -0.15) is 5.10 Å². The third-order valence-electron chi connectivity index (χ3n) is 4.43. The Morgan fingerprint density at radius 1 is 1.14 bits per heavy atom. The molecule has 0 amide bonds. The van der Waals surface area contributed by atoms with E-state index >= 15 is 0 Å². The van der Waals surface area contributed by atoms with Gasteiger partial charge in [0.1, 0.15) is 0 Å². The minimum atomic E-state index is 0.432. The highest BCUT2D eigenvalue weighted by Crippen LogP contribution is 2.38. The summed E-state index contributed by atoms with van der Waals surface area (Å²) in [5.41, 5.74) is 2.18. The lowest BCUT2D eigenvalue weighted by atomic mass is 10.1. The van der Waals surface area contributed by atoms with Crippen LogP contribution in [0.2, 0.25) is 0 Å². The number of nitrogens with zero attached hydrogens (tertiary/aromatic N) is 2. The van der Waals surface area contributed by atoms with Gasteiger partial charge in [-0.25, -0.2) is 4.68 Å². The smallest absolute Gasteiger partial charge is 0.0766 e. The maximum Gasteiger partial charge on any atom is 0.0766 e. The average molecular weight is 283 g/mol. The summed E-state index contributed by atoms with van der Waals surface area (Å²) < 4.78 is 7.80. The van der Waals surface area contributed by atoms with Crippen molar-refractivity contribution in [2.45, 2.75) is 38.0 Å². The molecule has 2 aromatic rings. The fraction of sp³-hybridized carbons (Fsp3) is 0.471. The topological polar surface area (TPSA) is 39.1 Å². The van der Waals surface area contributed by atoms with E-state index in [0.717, 1.165) is 36.9 Å². The molecule has 0 spiro atoms. The molecule has 1 saturated carbocycles. The van der Waals surface area contributed by atoms with Gasteiger partial charge in [-0.15, -0.1) is 0 Å². The van der Waals surface area contributed by atoms with E-state index in [1.807, 2.05) is 29.1 Å². The molecule has 1 saturated heterocycles. The summed E-state index contributed by atoms with van der Waals surface area (Å²) in [6.07, 6.45) is 6.26. The van der Waals surface area contributed by atoms with Gasteiger partial charge in [0.25, 0.3) is 0 Å². The van der Waals surface area contributed by atoms with Gasteiger partial charge in [0.2, 0.25) is 0 Å². The molecule has 2 aliphatic rings. The lowest BCUT2D eigenvalue weighted by Gasteiger charge is -2.18. The van der Waals surface area contributed by atoms with Crippen LogP contribution in [-0.2, 0) is 11.3 Å². The van der Waals surface area contributed by atoms with Gasteiger partial charge in [-0.05, 0) is 43.4 Å².